The Kier molecular flexibility index (Phi) is 5.93. The Morgan fingerprint density at radius 3 is 2.60 bits per heavy atom. The third-order valence-electron chi connectivity index (χ3n) is 6.06. The minimum Gasteiger partial charge on any atom is -0.496 e. The lowest BCUT2D eigenvalue weighted by molar-refractivity contribution is -0.117. The summed E-state index contributed by atoms with van der Waals surface area (Å²) in [6, 6.07) is 12.6. The maximum Gasteiger partial charge on any atom is 0.244 e. The van der Waals surface area contributed by atoms with Crippen LogP contribution in [0.1, 0.15) is 50.2 Å². The topological polar surface area (TPSA) is 51.5 Å². The molecule has 2 aromatic carbocycles. The number of fused-ring (bicyclic) bond motifs is 1. The van der Waals surface area contributed by atoms with Crippen LogP contribution < -0.4 is 10.1 Å². The van der Waals surface area contributed by atoms with Gasteiger partial charge in [-0.05, 0) is 43.9 Å². The van der Waals surface area contributed by atoms with E-state index in [9.17, 15) is 4.79 Å². The lowest BCUT2D eigenvalue weighted by Crippen LogP contribution is -2.35. The van der Waals surface area contributed by atoms with Crippen molar-refractivity contribution in [3.63, 3.8) is 0 Å². The Hall–Kier alpha value is -3.01. The van der Waals surface area contributed by atoms with E-state index in [0.29, 0.717) is 6.04 Å². The van der Waals surface area contributed by atoms with E-state index in [1.165, 1.54) is 19.3 Å². The van der Waals surface area contributed by atoms with Crippen LogP contribution in [0.5, 0.6) is 5.75 Å². The summed E-state index contributed by atoms with van der Waals surface area (Å²) in [5.74, 6) is 0.713. The first-order chi connectivity index (χ1) is 14.6. The summed E-state index contributed by atoms with van der Waals surface area (Å²) in [6.45, 7) is 3.96. The van der Waals surface area contributed by atoms with Crippen molar-refractivity contribution >= 4 is 22.4 Å². The van der Waals surface area contributed by atoms with Gasteiger partial charge in [-0.3, -0.25) is 4.79 Å². The summed E-state index contributed by atoms with van der Waals surface area (Å²) in [4.78, 5) is 12.6. The zero-order valence-corrected chi connectivity index (χ0v) is 18.0. The van der Waals surface area contributed by atoms with Gasteiger partial charge >= 0.3 is 0 Å². The molecule has 30 heavy (non-hydrogen) atoms. The van der Waals surface area contributed by atoms with Crippen LogP contribution in [-0.4, -0.2) is 19.1 Å². The number of carbonyl (C=O) groups excluding carboxylic acids is 1. The van der Waals surface area contributed by atoms with E-state index in [2.05, 4.69) is 23.5 Å². The number of rotatable bonds is 5. The van der Waals surface area contributed by atoms with Crippen LogP contribution in [-0.2, 0) is 4.79 Å². The smallest absolute Gasteiger partial charge is 0.244 e. The van der Waals surface area contributed by atoms with Crippen molar-refractivity contribution in [2.75, 3.05) is 7.11 Å². The highest BCUT2D eigenvalue weighted by molar-refractivity contribution is 6.01. The molecule has 0 spiro atoms. The van der Waals surface area contributed by atoms with Gasteiger partial charge in [0.2, 0.25) is 5.91 Å². The van der Waals surface area contributed by atoms with Gasteiger partial charge in [-0.15, -0.1) is 0 Å². The summed E-state index contributed by atoms with van der Waals surface area (Å²) >= 11 is 0. The standard InChI is InChI=1S/C26H29NO3/c1-17(14-24(28)27-20-12-8-5-9-13-20)21-15-22-23(19-10-6-4-7-11-19)16-30-26(22)18(2)25(21)29-3/h4,6-7,10-11,14-16,20H,5,8-9,12-13H2,1-3H3,(H,27,28)/b17-14+. The first-order valence-corrected chi connectivity index (χ1v) is 10.7. The number of hydrogen-bond donors (Lipinski definition) is 1. The highest BCUT2D eigenvalue weighted by atomic mass is 16.5. The fraction of sp³-hybridized carbons (Fsp3) is 0.346. The number of amides is 1. The number of methoxy groups -OCH3 is 1. The van der Waals surface area contributed by atoms with E-state index in [0.717, 1.165) is 57.4 Å². The molecule has 1 aliphatic rings. The van der Waals surface area contributed by atoms with Crippen molar-refractivity contribution in [2.24, 2.45) is 0 Å². The molecule has 1 heterocycles. The average molecular weight is 404 g/mol. The molecule has 0 aliphatic heterocycles. The Morgan fingerprint density at radius 1 is 1.17 bits per heavy atom. The van der Waals surface area contributed by atoms with E-state index in [4.69, 9.17) is 9.15 Å². The molecule has 3 aromatic rings. The largest absolute Gasteiger partial charge is 0.496 e. The van der Waals surface area contributed by atoms with Gasteiger partial charge in [-0.1, -0.05) is 49.6 Å². The van der Waals surface area contributed by atoms with Crippen LogP contribution >= 0.6 is 0 Å². The Labute approximate surface area is 177 Å². The van der Waals surface area contributed by atoms with Gasteiger partial charge < -0.3 is 14.5 Å². The number of hydrogen-bond acceptors (Lipinski definition) is 3. The molecule has 4 rings (SSSR count). The Bertz CT molecular complexity index is 1070. The second-order valence-electron chi connectivity index (χ2n) is 8.15. The van der Waals surface area contributed by atoms with Crippen LogP contribution in [0.2, 0.25) is 0 Å². The van der Waals surface area contributed by atoms with Crippen LogP contribution in [0.3, 0.4) is 0 Å². The van der Waals surface area contributed by atoms with Crippen molar-refractivity contribution < 1.29 is 13.9 Å². The summed E-state index contributed by atoms with van der Waals surface area (Å²) in [5, 5.41) is 4.19. The van der Waals surface area contributed by atoms with E-state index >= 15 is 0 Å². The van der Waals surface area contributed by atoms with Crippen LogP contribution in [0.25, 0.3) is 27.7 Å². The molecule has 4 nitrogen and oxygen atoms in total. The van der Waals surface area contributed by atoms with Gasteiger partial charge in [0, 0.05) is 34.2 Å². The molecule has 156 valence electrons. The van der Waals surface area contributed by atoms with Crippen molar-refractivity contribution in [1.82, 2.24) is 5.32 Å². The van der Waals surface area contributed by atoms with Crippen molar-refractivity contribution in [3.8, 4) is 16.9 Å². The van der Waals surface area contributed by atoms with Crippen molar-refractivity contribution in [2.45, 2.75) is 52.0 Å². The molecule has 1 aromatic heterocycles. The number of carbonyl (C=O) groups is 1. The molecular formula is C26H29NO3. The monoisotopic (exact) mass is 403 g/mol. The van der Waals surface area contributed by atoms with Gasteiger partial charge in [0.1, 0.15) is 11.3 Å². The van der Waals surface area contributed by atoms with Crippen molar-refractivity contribution in [3.05, 3.63) is 59.9 Å². The van der Waals surface area contributed by atoms with E-state index < -0.39 is 0 Å². The second-order valence-corrected chi connectivity index (χ2v) is 8.15. The number of allylic oxidation sites excluding steroid dienone is 1. The quantitative estimate of drug-likeness (QED) is 0.511. The van der Waals surface area contributed by atoms with E-state index in [1.54, 1.807) is 19.4 Å². The third-order valence-corrected chi connectivity index (χ3v) is 6.06. The van der Waals surface area contributed by atoms with Crippen LogP contribution in [0, 0.1) is 6.92 Å². The first kappa shape index (κ1) is 20.3. The molecule has 0 unspecified atom stereocenters. The minimum atomic E-state index is -0.0327. The average Bonchev–Trinajstić information content (AvgIpc) is 3.19. The molecule has 1 saturated carbocycles. The van der Waals surface area contributed by atoms with Gasteiger partial charge in [-0.25, -0.2) is 0 Å². The second kappa shape index (κ2) is 8.78. The number of furan rings is 1. The van der Waals surface area contributed by atoms with Gasteiger partial charge in [0.15, 0.2) is 0 Å². The molecule has 1 aliphatic carbocycles. The third kappa shape index (κ3) is 4.00. The predicted octanol–water partition coefficient (Wildman–Crippen LogP) is 6.27. The highest BCUT2D eigenvalue weighted by Crippen LogP contribution is 2.40. The fourth-order valence-corrected chi connectivity index (χ4v) is 4.48. The van der Waals surface area contributed by atoms with E-state index in [1.807, 2.05) is 32.0 Å². The van der Waals surface area contributed by atoms with Crippen LogP contribution in [0.15, 0.2) is 53.2 Å². The maximum atomic E-state index is 12.6. The molecule has 4 heteroatoms. The zero-order valence-electron chi connectivity index (χ0n) is 18.0. The summed E-state index contributed by atoms with van der Waals surface area (Å²) in [6.07, 6.45) is 9.29. The molecule has 0 atom stereocenters. The number of ether oxygens (including phenoxy) is 1. The van der Waals surface area contributed by atoms with Crippen LogP contribution in [0.4, 0.5) is 0 Å². The molecular weight excluding hydrogens is 374 g/mol. The lowest BCUT2D eigenvalue weighted by Gasteiger charge is -2.22. The molecule has 1 fully saturated rings. The highest BCUT2D eigenvalue weighted by Gasteiger charge is 2.19. The predicted molar refractivity (Wildman–Crippen MR) is 122 cm³/mol. The summed E-state index contributed by atoms with van der Waals surface area (Å²) in [5.41, 5.74) is 5.69. The van der Waals surface area contributed by atoms with E-state index in [-0.39, 0.29) is 5.91 Å². The van der Waals surface area contributed by atoms with Gasteiger partial charge in [0.25, 0.3) is 0 Å². The molecule has 0 radical (unpaired) electrons. The lowest BCUT2D eigenvalue weighted by atomic mass is 9.95. The molecule has 1 amide bonds. The minimum absolute atomic E-state index is 0.0327. The number of nitrogens with one attached hydrogen (secondary N) is 1. The maximum absolute atomic E-state index is 12.6. The SMILES string of the molecule is COc1c(/C(C)=C/C(=O)NC2CCCCC2)cc2c(-c3ccccc3)coc2c1C. The van der Waals surface area contributed by atoms with Gasteiger partial charge in [-0.2, -0.15) is 0 Å². The first-order valence-electron chi connectivity index (χ1n) is 10.7. The Balaban J connectivity index is 1.72. The Morgan fingerprint density at radius 2 is 1.90 bits per heavy atom. The summed E-state index contributed by atoms with van der Waals surface area (Å²) < 4.78 is 11.6. The number of aryl methyl sites for hydroxylation is 1. The summed E-state index contributed by atoms with van der Waals surface area (Å²) in [7, 11) is 1.66. The normalized spacial score (nSPS) is 15.4. The molecule has 0 bridgehead atoms. The molecule has 0 saturated heterocycles. The zero-order chi connectivity index (χ0) is 21.1. The van der Waals surface area contributed by atoms with Crippen molar-refractivity contribution in [1.29, 1.82) is 0 Å². The molecule has 1 N–H and O–H groups in total. The number of benzene rings is 2. The van der Waals surface area contributed by atoms with Gasteiger partial charge in [0.05, 0.1) is 13.4 Å². The fourth-order valence-electron chi connectivity index (χ4n) is 4.48.